The fraction of sp³-hybridized carbons (Fsp3) is 0.167. The van der Waals surface area contributed by atoms with Crippen LogP contribution in [0.1, 0.15) is 6.42 Å². The summed E-state index contributed by atoms with van der Waals surface area (Å²) >= 11 is 0. The van der Waals surface area contributed by atoms with E-state index in [1.54, 1.807) is 42.3 Å². The lowest BCUT2D eigenvalue weighted by molar-refractivity contribution is -0.122. The molecule has 0 aliphatic carbocycles. The minimum absolute atomic E-state index is 0.0914. The Labute approximate surface area is 175 Å². The Morgan fingerprint density at radius 2 is 1.60 bits per heavy atom. The number of nitrogens with zero attached hydrogens (tertiary/aromatic N) is 1. The Bertz CT molecular complexity index is 1030. The lowest BCUT2D eigenvalue weighted by Gasteiger charge is -2.19. The number of benzene rings is 3. The van der Waals surface area contributed by atoms with Crippen molar-refractivity contribution in [2.75, 3.05) is 23.9 Å². The van der Waals surface area contributed by atoms with Crippen LogP contribution in [0.2, 0.25) is 0 Å². The number of para-hydroxylation sites is 3. The zero-order valence-corrected chi connectivity index (χ0v) is 16.6. The minimum atomic E-state index is -0.428. The molecular weight excluding hydrogens is 380 g/mol. The van der Waals surface area contributed by atoms with Gasteiger partial charge in [0.1, 0.15) is 17.2 Å². The van der Waals surface area contributed by atoms with Crippen molar-refractivity contribution in [3.63, 3.8) is 0 Å². The predicted octanol–water partition coefficient (Wildman–Crippen LogP) is 4.48. The number of carbonyl (C=O) groups excluding carboxylic acids is 2. The molecule has 0 aromatic heterocycles. The number of rotatable bonds is 6. The van der Waals surface area contributed by atoms with E-state index in [-0.39, 0.29) is 18.2 Å². The molecule has 1 saturated heterocycles. The van der Waals surface area contributed by atoms with Crippen molar-refractivity contribution < 1.29 is 19.1 Å². The van der Waals surface area contributed by atoms with E-state index in [1.807, 2.05) is 48.5 Å². The van der Waals surface area contributed by atoms with E-state index in [4.69, 9.17) is 9.47 Å². The number of hydrogen-bond acceptors (Lipinski definition) is 4. The highest BCUT2D eigenvalue weighted by molar-refractivity contribution is 6.04. The average molecular weight is 402 g/mol. The van der Waals surface area contributed by atoms with Crippen molar-refractivity contribution >= 4 is 23.2 Å². The first-order valence-corrected chi connectivity index (χ1v) is 9.71. The summed E-state index contributed by atoms with van der Waals surface area (Å²) in [6.07, 6.45) is 0.166. The first-order chi connectivity index (χ1) is 14.6. The quantitative estimate of drug-likeness (QED) is 0.660. The van der Waals surface area contributed by atoms with Gasteiger partial charge in [-0.3, -0.25) is 9.59 Å². The van der Waals surface area contributed by atoms with E-state index in [0.717, 1.165) is 5.75 Å². The van der Waals surface area contributed by atoms with E-state index in [9.17, 15) is 9.59 Å². The predicted molar refractivity (Wildman–Crippen MR) is 115 cm³/mol. The summed E-state index contributed by atoms with van der Waals surface area (Å²) in [4.78, 5) is 26.8. The Hall–Kier alpha value is -3.80. The third-order valence-electron chi connectivity index (χ3n) is 4.97. The van der Waals surface area contributed by atoms with Crippen molar-refractivity contribution in [2.45, 2.75) is 6.42 Å². The SMILES string of the molecule is COc1ccccc1N1C[C@H](C(=O)Nc2ccc(Oc3ccccc3)cc2)CC1=O. The fourth-order valence-electron chi connectivity index (χ4n) is 3.44. The van der Waals surface area contributed by atoms with Crippen molar-refractivity contribution in [3.8, 4) is 17.2 Å². The van der Waals surface area contributed by atoms with Gasteiger partial charge in [0.2, 0.25) is 11.8 Å². The van der Waals surface area contributed by atoms with Gasteiger partial charge in [0.15, 0.2) is 0 Å². The molecule has 0 unspecified atom stereocenters. The van der Waals surface area contributed by atoms with E-state index in [2.05, 4.69) is 5.32 Å². The second kappa shape index (κ2) is 8.69. The van der Waals surface area contributed by atoms with Gasteiger partial charge in [-0.2, -0.15) is 0 Å². The molecule has 152 valence electrons. The first-order valence-electron chi connectivity index (χ1n) is 9.71. The highest BCUT2D eigenvalue weighted by Gasteiger charge is 2.36. The first kappa shape index (κ1) is 19.5. The Kier molecular flexibility index (Phi) is 5.66. The smallest absolute Gasteiger partial charge is 0.229 e. The van der Waals surface area contributed by atoms with Gasteiger partial charge in [-0.05, 0) is 48.5 Å². The third kappa shape index (κ3) is 4.27. The summed E-state index contributed by atoms with van der Waals surface area (Å²) in [5.74, 6) is 1.33. The summed E-state index contributed by atoms with van der Waals surface area (Å²) in [5.41, 5.74) is 1.34. The lowest BCUT2D eigenvalue weighted by atomic mass is 10.1. The standard InChI is InChI=1S/C24H22N2O4/c1-29-22-10-6-5-9-21(22)26-16-17(15-23(26)27)24(28)25-18-11-13-20(14-12-18)30-19-7-3-2-4-8-19/h2-14,17H,15-16H2,1H3,(H,25,28)/t17-/m1/s1. The molecule has 1 fully saturated rings. The van der Waals surface area contributed by atoms with E-state index < -0.39 is 5.92 Å². The molecule has 3 aromatic carbocycles. The summed E-state index contributed by atoms with van der Waals surface area (Å²) in [6, 6.07) is 24.0. The molecular formula is C24H22N2O4. The van der Waals surface area contributed by atoms with Crippen LogP contribution in [0.15, 0.2) is 78.9 Å². The fourth-order valence-corrected chi connectivity index (χ4v) is 3.44. The third-order valence-corrected chi connectivity index (χ3v) is 4.97. The van der Waals surface area contributed by atoms with Crippen LogP contribution in [0, 0.1) is 5.92 Å². The zero-order valence-electron chi connectivity index (χ0n) is 16.6. The molecule has 0 spiro atoms. The van der Waals surface area contributed by atoms with E-state index in [1.165, 1.54) is 0 Å². The molecule has 0 radical (unpaired) electrons. The number of carbonyl (C=O) groups is 2. The summed E-state index contributed by atoms with van der Waals surface area (Å²) in [5, 5.41) is 2.89. The largest absolute Gasteiger partial charge is 0.495 e. The van der Waals surface area contributed by atoms with Crippen LogP contribution >= 0.6 is 0 Å². The highest BCUT2D eigenvalue weighted by atomic mass is 16.5. The van der Waals surface area contributed by atoms with Crippen molar-refractivity contribution in [1.29, 1.82) is 0 Å². The van der Waals surface area contributed by atoms with Gasteiger partial charge in [0.05, 0.1) is 18.7 Å². The molecule has 6 nitrogen and oxygen atoms in total. The molecule has 1 aliphatic rings. The van der Waals surface area contributed by atoms with Gasteiger partial charge in [-0.25, -0.2) is 0 Å². The normalized spacial score (nSPS) is 15.7. The molecule has 0 bridgehead atoms. The molecule has 3 aromatic rings. The summed E-state index contributed by atoms with van der Waals surface area (Å²) in [6.45, 7) is 0.320. The lowest BCUT2D eigenvalue weighted by Crippen LogP contribution is -2.28. The molecule has 2 amide bonds. The van der Waals surface area contributed by atoms with Crippen LogP contribution in [-0.2, 0) is 9.59 Å². The van der Waals surface area contributed by atoms with Crippen LogP contribution in [0.3, 0.4) is 0 Å². The van der Waals surface area contributed by atoms with Gasteiger partial charge in [-0.1, -0.05) is 30.3 Å². The van der Waals surface area contributed by atoms with Crippen LogP contribution in [0.25, 0.3) is 0 Å². The molecule has 0 saturated carbocycles. The summed E-state index contributed by atoms with van der Waals surface area (Å²) < 4.78 is 11.1. The monoisotopic (exact) mass is 402 g/mol. The van der Waals surface area contributed by atoms with Crippen molar-refractivity contribution in [3.05, 3.63) is 78.9 Å². The van der Waals surface area contributed by atoms with Gasteiger partial charge in [0, 0.05) is 18.7 Å². The molecule has 1 atom stereocenters. The second-order valence-electron chi connectivity index (χ2n) is 7.01. The second-order valence-corrected chi connectivity index (χ2v) is 7.01. The number of hydrogen-bond donors (Lipinski definition) is 1. The van der Waals surface area contributed by atoms with Gasteiger partial charge < -0.3 is 19.7 Å². The molecule has 1 N–H and O–H groups in total. The van der Waals surface area contributed by atoms with Crippen molar-refractivity contribution in [1.82, 2.24) is 0 Å². The maximum atomic E-state index is 12.7. The number of methoxy groups -OCH3 is 1. The molecule has 4 rings (SSSR count). The van der Waals surface area contributed by atoms with Crippen LogP contribution in [-0.4, -0.2) is 25.5 Å². The topological polar surface area (TPSA) is 67.9 Å². The van der Waals surface area contributed by atoms with E-state index in [0.29, 0.717) is 29.4 Å². The van der Waals surface area contributed by atoms with Gasteiger partial charge in [-0.15, -0.1) is 0 Å². The maximum absolute atomic E-state index is 12.7. The van der Waals surface area contributed by atoms with Crippen LogP contribution < -0.4 is 19.7 Å². The van der Waals surface area contributed by atoms with Gasteiger partial charge in [0.25, 0.3) is 0 Å². The molecule has 6 heteroatoms. The minimum Gasteiger partial charge on any atom is -0.495 e. The van der Waals surface area contributed by atoms with Crippen molar-refractivity contribution in [2.24, 2.45) is 5.92 Å². The zero-order chi connectivity index (χ0) is 20.9. The maximum Gasteiger partial charge on any atom is 0.229 e. The number of ether oxygens (including phenoxy) is 2. The number of anilines is 2. The number of nitrogens with one attached hydrogen (secondary N) is 1. The average Bonchev–Trinajstić information content (AvgIpc) is 3.17. The Morgan fingerprint density at radius 1 is 0.933 bits per heavy atom. The van der Waals surface area contributed by atoms with E-state index >= 15 is 0 Å². The Morgan fingerprint density at radius 3 is 2.33 bits per heavy atom. The molecule has 1 heterocycles. The van der Waals surface area contributed by atoms with Crippen LogP contribution in [0.4, 0.5) is 11.4 Å². The van der Waals surface area contributed by atoms with Gasteiger partial charge >= 0.3 is 0 Å². The molecule has 1 aliphatic heterocycles. The Balaban J connectivity index is 1.39. The highest BCUT2D eigenvalue weighted by Crippen LogP contribution is 2.33. The number of amides is 2. The summed E-state index contributed by atoms with van der Waals surface area (Å²) in [7, 11) is 1.56. The molecule has 30 heavy (non-hydrogen) atoms. The van der Waals surface area contributed by atoms with Crippen LogP contribution in [0.5, 0.6) is 17.2 Å².